The van der Waals surface area contributed by atoms with Crippen LogP contribution < -0.4 is 4.74 Å². The number of hydrogen-bond donors (Lipinski definition) is 0. The van der Waals surface area contributed by atoms with Crippen LogP contribution in [-0.4, -0.2) is 23.6 Å². The van der Waals surface area contributed by atoms with E-state index in [1.54, 1.807) is 0 Å². The third-order valence-electron chi connectivity index (χ3n) is 2.85. The zero-order valence-electron chi connectivity index (χ0n) is 9.65. The molecular weight excluding hydrogens is 268 g/mol. The molecule has 16 heavy (non-hydrogen) atoms. The molecule has 1 saturated carbocycles. The minimum absolute atomic E-state index is 0.186. The van der Waals surface area contributed by atoms with Crippen molar-refractivity contribution in [2.24, 2.45) is 0 Å². The van der Waals surface area contributed by atoms with E-state index in [1.165, 1.54) is 5.56 Å². The fourth-order valence-corrected chi connectivity index (χ4v) is 2.70. The standard InChI is InChI=1S/C13H17BrO2/c1-3-15-13-11(14)8-12(13)16-10-6-4-9(2)5-7-10/h4-7,11-13H,3,8H2,1-2H3. The third-order valence-corrected chi connectivity index (χ3v) is 3.74. The number of aryl methyl sites for hydroxylation is 1. The van der Waals surface area contributed by atoms with Crippen LogP contribution in [0.15, 0.2) is 24.3 Å². The average molecular weight is 285 g/mol. The molecule has 0 heterocycles. The van der Waals surface area contributed by atoms with Crippen molar-refractivity contribution in [1.82, 2.24) is 0 Å². The highest BCUT2D eigenvalue weighted by atomic mass is 79.9. The Morgan fingerprint density at radius 2 is 2.00 bits per heavy atom. The summed E-state index contributed by atoms with van der Waals surface area (Å²) in [4.78, 5) is 0.433. The molecule has 1 fully saturated rings. The summed E-state index contributed by atoms with van der Waals surface area (Å²) in [6, 6.07) is 8.16. The van der Waals surface area contributed by atoms with Crippen LogP contribution in [0.3, 0.4) is 0 Å². The Hall–Kier alpha value is -0.540. The molecule has 3 heteroatoms. The molecule has 1 aromatic rings. The van der Waals surface area contributed by atoms with Crippen molar-refractivity contribution in [2.45, 2.75) is 37.3 Å². The highest BCUT2D eigenvalue weighted by molar-refractivity contribution is 9.09. The first kappa shape index (κ1) is 11.9. The van der Waals surface area contributed by atoms with Crippen LogP contribution in [0.2, 0.25) is 0 Å². The van der Waals surface area contributed by atoms with Crippen molar-refractivity contribution < 1.29 is 9.47 Å². The number of hydrogen-bond acceptors (Lipinski definition) is 2. The Labute approximate surface area is 105 Å². The molecule has 0 aliphatic heterocycles. The van der Waals surface area contributed by atoms with Crippen molar-refractivity contribution in [1.29, 1.82) is 0 Å². The van der Waals surface area contributed by atoms with Gasteiger partial charge in [-0.2, -0.15) is 0 Å². The molecule has 3 atom stereocenters. The van der Waals surface area contributed by atoms with E-state index >= 15 is 0 Å². The Kier molecular flexibility index (Phi) is 3.87. The van der Waals surface area contributed by atoms with E-state index < -0.39 is 0 Å². The summed E-state index contributed by atoms with van der Waals surface area (Å²) < 4.78 is 11.5. The van der Waals surface area contributed by atoms with E-state index in [0.717, 1.165) is 18.8 Å². The first-order valence-electron chi connectivity index (χ1n) is 5.69. The van der Waals surface area contributed by atoms with Gasteiger partial charge in [0.1, 0.15) is 18.0 Å². The Morgan fingerprint density at radius 3 is 2.56 bits per heavy atom. The molecule has 0 saturated heterocycles. The van der Waals surface area contributed by atoms with Gasteiger partial charge < -0.3 is 9.47 Å². The highest BCUT2D eigenvalue weighted by Gasteiger charge is 2.42. The van der Waals surface area contributed by atoms with Crippen molar-refractivity contribution >= 4 is 15.9 Å². The molecule has 88 valence electrons. The maximum absolute atomic E-state index is 5.89. The molecule has 0 bridgehead atoms. The van der Waals surface area contributed by atoms with Crippen molar-refractivity contribution in [3.05, 3.63) is 29.8 Å². The zero-order chi connectivity index (χ0) is 11.5. The Morgan fingerprint density at radius 1 is 1.31 bits per heavy atom. The molecule has 1 aliphatic rings. The quantitative estimate of drug-likeness (QED) is 0.790. The summed E-state index contributed by atoms with van der Waals surface area (Å²) in [6.45, 7) is 4.83. The minimum atomic E-state index is 0.186. The molecule has 0 N–H and O–H groups in total. The predicted octanol–water partition coefficient (Wildman–Crippen LogP) is 3.31. The van der Waals surface area contributed by atoms with Crippen LogP contribution in [0.1, 0.15) is 18.9 Å². The number of benzene rings is 1. The number of ether oxygens (including phenoxy) is 2. The molecule has 2 rings (SSSR count). The van der Waals surface area contributed by atoms with Gasteiger partial charge in [0.2, 0.25) is 0 Å². The molecule has 1 aliphatic carbocycles. The van der Waals surface area contributed by atoms with Gasteiger partial charge in [0.25, 0.3) is 0 Å². The minimum Gasteiger partial charge on any atom is -0.488 e. The lowest BCUT2D eigenvalue weighted by Crippen LogP contribution is -2.52. The van der Waals surface area contributed by atoms with E-state index in [9.17, 15) is 0 Å². The second-order valence-electron chi connectivity index (χ2n) is 4.14. The SMILES string of the molecule is CCOC1C(Br)CC1Oc1ccc(C)cc1. The third kappa shape index (κ3) is 2.58. The summed E-state index contributed by atoms with van der Waals surface area (Å²) >= 11 is 3.59. The lowest BCUT2D eigenvalue weighted by molar-refractivity contribution is -0.0723. The lowest BCUT2D eigenvalue weighted by atomic mass is 9.91. The van der Waals surface area contributed by atoms with Gasteiger partial charge in [-0.15, -0.1) is 0 Å². The van der Waals surface area contributed by atoms with E-state index in [0.29, 0.717) is 4.83 Å². The second-order valence-corrected chi connectivity index (χ2v) is 5.32. The van der Waals surface area contributed by atoms with Gasteiger partial charge in [-0.1, -0.05) is 33.6 Å². The van der Waals surface area contributed by atoms with Crippen LogP contribution in [-0.2, 0) is 4.74 Å². The second kappa shape index (κ2) is 5.19. The fourth-order valence-electron chi connectivity index (χ4n) is 1.84. The van der Waals surface area contributed by atoms with E-state index in [-0.39, 0.29) is 12.2 Å². The largest absolute Gasteiger partial charge is 0.488 e. The van der Waals surface area contributed by atoms with Gasteiger partial charge in [-0.3, -0.25) is 0 Å². The lowest BCUT2D eigenvalue weighted by Gasteiger charge is -2.40. The highest BCUT2D eigenvalue weighted by Crippen LogP contribution is 2.34. The summed E-state index contributed by atoms with van der Waals surface area (Å²) in [6.07, 6.45) is 1.39. The molecular formula is C13H17BrO2. The molecule has 0 amide bonds. The smallest absolute Gasteiger partial charge is 0.127 e. The average Bonchev–Trinajstić information content (AvgIpc) is 2.28. The Balaban J connectivity index is 1.92. The van der Waals surface area contributed by atoms with Gasteiger partial charge in [-0.05, 0) is 26.0 Å². The number of alkyl halides is 1. The summed E-state index contributed by atoms with van der Waals surface area (Å²) in [7, 11) is 0. The van der Waals surface area contributed by atoms with Gasteiger partial charge in [0, 0.05) is 17.9 Å². The fraction of sp³-hybridized carbons (Fsp3) is 0.538. The molecule has 2 nitrogen and oxygen atoms in total. The monoisotopic (exact) mass is 284 g/mol. The van der Waals surface area contributed by atoms with Gasteiger partial charge >= 0.3 is 0 Å². The van der Waals surface area contributed by atoms with E-state index in [4.69, 9.17) is 9.47 Å². The summed E-state index contributed by atoms with van der Waals surface area (Å²) in [5.41, 5.74) is 1.25. The van der Waals surface area contributed by atoms with Crippen LogP contribution >= 0.6 is 15.9 Å². The van der Waals surface area contributed by atoms with Crippen LogP contribution in [0.25, 0.3) is 0 Å². The van der Waals surface area contributed by atoms with Crippen molar-refractivity contribution in [3.8, 4) is 5.75 Å². The topological polar surface area (TPSA) is 18.5 Å². The van der Waals surface area contributed by atoms with Gasteiger partial charge in [0.15, 0.2) is 0 Å². The molecule has 3 unspecified atom stereocenters. The first-order valence-corrected chi connectivity index (χ1v) is 6.61. The Bertz CT molecular complexity index is 336. The van der Waals surface area contributed by atoms with Crippen LogP contribution in [0, 0.1) is 6.92 Å². The first-order chi connectivity index (χ1) is 7.70. The van der Waals surface area contributed by atoms with Crippen LogP contribution in [0.5, 0.6) is 5.75 Å². The maximum Gasteiger partial charge on any atom is 0.127 e. The predicted molar refractivity (Wildman–Crippen MR) is 68.3 cm³/mol. The normalized spacial score (nSPS) is 28.6. The van der Waals surface area contributed by atoms with E-state index in [1.807, 2.05) is 19.1 Å². The van der Waals surface area contributed by atoms with Crippen molar-refractivity contribution in [2.75, 3.05) is 6.61 Å². The van der Waals surface area contributed by atoms with E-state index in [2.05, 4.69) is 35.0 Å². The molecule has 0 aromatic heterocycles. The number of rotatable bonds is 4. The summed E-state index contributed by atoms with van der Waals surface area (Å²) in [5.74, 6) is 0.930. The van der Waals surface area contributed by atoms with Gasteiger partial charge in [0.05, 0.1) is 0 Å². The molecule has 0 radical (unpaired) electrons. The summed E-state index contributed by atoms with van der Waals surface area (Å²) in [5, 5.41) is 0. The number of halogens is 1. The van der Waals surface area contributed by atoms with Crippen molar-refractivity contribution in [3.63, 3.8) is 0 Å². The molecule has 1 aromatic carbocycles. The van der Waals surface area contributed by atoms with Crippen LogP contribution in [0.4, 0.5) is 0 Å². The maximum atomic E-state index is 5.89. The zero-order valence-corrected chi connectivity index (χ0v) is 11.2. The molecule has 0 spiro atoms. The van der Waals surface area contributed by atoms with Gasteiger partial charge in [-0.25, -0.2) is 0 Å².